The number of ketones is 2. The third-order valence-electron chi connectivity index (χ3n) is 5.21. The van der Waals surface area contributed by atoms with E-state index in [2.05, 4.69) is 6.58 Å². The summed E-state index contributed by atoms with van der Waals surface area (Å²) in [6.07, 6.45) is 3.48. The molecule has 0 spiro atoms. The molecule has 0 heterocycles. The topological polar surface area (TPSA) is 52.6 Å². The summed E-state index contributed by atoms with van der Waals surface area (Å²) in [7, 11) is 0. The molecule has 3 unspecified atom stereocenters. The van der Waals surface area contributed by atoms with Crippen LogP contribution in [0.1, 0.15) is 88.5 Å². The number of allylic oxidation sites excluding steroid dienone is 1. The minimum atomic E-state index is -0.598. The molecule has 0 aliphatic rings. The fourth-order valence-electron chi connectivity index (χ4n) is 3.00. The van der Waals surface area contributed by atoms with Gasteiger partial charge in [0.15, 0.2) is 5.78 Å². The highest BCUT2D eigenvalue weighted by Crippen LogP contribution is 2.28. The van der Waals surface area contributed by atoms with E-state index in [1.807, 2.05) is 68.4 Å². The Hall–Kier alpha value is -1.00. The van der Waals surface area contributed by atoms with Crippen LogP contribution in [-0.4, -0.2) is 35.5 Å². The van der Waals surface area contributed by atoms with Crippen LogP contribution < -0.4 is 0 Å². The van der Waals surface area contributed by atoms with Gasteiger partial charge >= 0.3 is 0 Å². The minimum absolute atomic E-state index is 0.0467. The molecule has 0 aromatic rings. The fourth-order valence-corrected chi connectivity index (χ4v) is 3.00. The predicted octanol–water partition coefficient (Wildman–Crippen LogP) is 5.78. The van der Waals surface area contributed by atoms with Crippen LogP contribution in [0.25, 0.3) is 0 Å². The third-order valence-corrected chi connectivity index (χ3v) is 5.21. The van der Waals surface area contributed by atoms with Crippen molar-refractivity contribution in [2.75, 3.05) is 6.61 Å². The van der Waals surface area contributed by atoms with Crippen LogP contribution in [0.3, 0.4) is 0 Å². The van der Waals surface area contributed by atoms with Crippen molar-refractivity contribution in [2.24, 2.45) is 17.3 Å². The molecule has 0 saturated heterocycles. The summed E-state index contributed by atoms with van der Waals surface area (Å²) in [5.74, 6) is 0.230. The average Bonchev–Trinajstić information content (AvgIpc) is 2.50. The molecule has 0 fully saturated rings. The summed E-state index contributed by atoms with van der Waals surface area (Å²) in [4.78, 5) is 25.1. The molecule has 0 amide bonds. The number of Topliss-reactive ketones (excluding diaryl/α,β-unsaturated/α-hetero) is 2. The predicted molar refractivity (Wildman–Crippen MR) is 117 cm³/mol. The van der Waals surface area contributed by atoms with Crippen LogP contribution in [0.2, 0.25) is 0 Å². The number of rotatable bonds is 12. The van der Waals surface area contributed by atoms with Crippen LogP contribution in [0, 0.1) is 17.3 Å². The van der Waals surface area contributed by atoms with Crippen LogP contribution >= 0.6 is 0 Å². The molecule has 0 aromatic heterocycles. The molecule has 28 heavy (non-hydrogen) atoms. The molecule has 0 radical (unpaired) electrons. The van der Waals surface area contributed by atoms with Crippen molar-refractivity contribution in [2.45, 2.75) is 106 Å². The largest absolute Gasteiger partial charge is 0.375 e. The van der Waals surface area contributed by atoms with Crippen molar-refractivity contribution in [3.05, 3.63) is 12.7 Å². The van der Waals surface area contributed by atoms with Gasteiger partial charge in [0.2, 0.25) is 0 Å². The van der Waals surface area contributed by atoms with E-state index in [4.69, 9.17) is 9.47 Å². The number of carbonyl (C=O) groups is 2. The van der Waals surface area contributed by atoms with E-state index in [9.17, 15) is 9.59 Å². The van der Waals surface area contributed by atoms with Crippen molar-refractivity contribution in [1.82, 2.24) is 0 Å². The Bertz CT molecular complexity index is 520. The van der Waals surface area contributed by atoms with E-state index in [0.29, 0.717) is 13.0 Å². The molecule has 4 nitrogen and oxygen atoms in total. The molecule has 0 saturated carbocycles. The quantitative estimate of drug-likeness (QED) is 0.392. The molecule has 3 atom stereocenters. The van der Waals surface area contributed by atoms with Gasteiger partial charge in [-0.25, -0.2) is 0 Å². The highest BCUT2D eigenvalue weighted by molar-refractivity contribution is 5.85. The van der Waals surface area contributed by atoms with Gasteiger partial charge in [0.25, 0.3) is 0 Å². The van der Waals surface area contributed by atoms with Crippen molar-refractivity contribution in [3.63, 3.8) is 0 Å². The lowest BCUT2D eigenvalue weighted by atomic mass is 9.83. The standard InChI is InChI=1S/C24H44O4/c1-12-13-19(16-20(25)22(4,5)6)14-15-27-24(10,11)17(2)21(26)18(3)28-23(7,8)9/h12,17-19H,1,13-16H2,2-11H3. The second-order valence-corrected chi connectivity index (χ2v) is 10.5. The summed E-state index contributed by atoms with van der Waals surface area (Å²) in [5.41, 5.74) is -1.29. The molecular formula is C24H44O4. The Morgan fingerprint density at radius 3 is 1.96 bits per heavy atom. The molecule has 0 bridgehead atoms. The first-order valence-electron chi connectivity index (χ1n) is 10.5. The lowest BCUT2D eigenvalue weighted by molar-refractivity contribution is -0.152. The molecule has 0 aromatic carbocycles. The van der Waals surface area contributed by atoms with E-state index in [1.54, 1.807) is 6.92 Å². The summed E-state index contributed by atoms with van der Waals surface area (Å²) in [5, 5.41) is 0. The highest BCUT2D eigenvalue weighted by Gasteiger charge is 2.36. The summed E-state index contributed by atoms with van der Waals surface area (Å²) >= 11 is 0. The van der Waals surface area contributed by atoms with Gasteiger partial charge in [-0.1, -0.05) is 33.8 Å². The van der Waals surface area contributed by atoms with Gasteiger partial charge in [0.05, 0.1) is 11.2 Å². The van der Waals surface area contributed by atoms with Crippen molar-refractivity contribution < 1.29 is 19.1 Å². The zero-order valence-corrected chi connectivity index (χ0v) is 20.0. The van der Waals surface area contributed by atoms with E-state index >= 15 is 0 Å². The van der Waals surface area contributed by atoms with Gasteiger partial charge in [-0.2, -0.15) is 0 Å². The number of hydrogen-bond donors (Lipinski definition) is 0. The Morgan fingerprint density at radius 1 is 1.00 bits per heavy atom. The van der Waals surface area contributed by atoms with Gasteiger partial charge in [-0.05, 0) is 60.3 Å². The van der Waals surface area contributed by atoms with Crippen molar-refractivity contribution in [1.29, 1.82) is 0 Å². The molecule has 164 valence electrons. The molecule has 0 aliphatic carbocycles. The van der Waals surface area contributed by atoms with E-state index in [-0.39, 0.29) is 34.4 Å². The summed E-state index contributed by atoms with van der Waals surface area (Å²) < 4.78 is 11.9. The SMILES string of the molecule is C=CCC(CCOC(C)(C)C(C)C(=O)C(C)OC(C)(C)C)CC(=O)C(C)(C)C. The monoisotopic (exact) mass is 396 g/mol. The normalized spacial score (nSPS) is 16.4. The first-order chi connectivity index (χ1) is 12.5. The van der Waals surface area contributed by atoms with E-state index < -0.39 is 11.7 Å². The van der Waals surface area contributed by atoms with Gasteiger partial charge in [0.1, 0.15) is 11.9 Å². The second kappa shape index (κ2) is 10.7. The first-order valence-corrected chi connectivity index (χ1v) is 10.5. The van der Waals surface area contributed by atoms with E-state index in [1.165, 1.54) is 0 Å². The molecule has 0 aliphatic heterocycles. The minimum Gasteiger partial charge on any atom is -0.375 e. The highest BCUT2D eigenvalue weighted by atomic mass is 16.5. The third kappa shape index (κ3) is 9.97. The van der Waals surface area contributed by atoms with Gasteiger partial charge in [-0.3, -0.25) is 9.59 Å². The lowest BCUT2D eigenvalue weighted by Crippen LogP contribution is -2.44. The second-order valence-electron chi connectivity index (χ2n) is 10.5. The van der Waals surface area contributed by atoms with Crippen LogP contribution in [0.15, 0.2) is 12.7 Å². The summed E-state index contributed by atoms with van der Waals surface area (Å²) in [6, 6.07) is 0. The maximum atomic E-state index is 12.8. The van der Waals surface area contributed by atoms with Crippen LogP contribution in [0.4, 0.5) is 0 Å². The Labute approximate surface area is 173 Å². The van der Waals surface area contributed by atoms with Crippen LogP contribution in [-0.2, 0) is 19.1 Å². The number of carbonyl (C=O) groups excluding carboxylic acids is 2. The Kier molecular flexibility index (Phi) is 10.3. The first kappa shape index (κ1) is 27.0. The molecule has 4 heteroatoms. The zero-order chi connectivity index (χ0) is 22.3. The lowest BCUT2D eigenvalue weighted by Gasteiger charge is -2.34. The van der Waals surface area contributed by atoms with Gasteiger partial charge in [-0.15, -0.1) is 6.58 Å². The fraction of sp³-hybridized carbons (Fsp3) is 0.833. The number of ether oxygens (including phenoxy) is 2. The Balaban J connectivity index is 4.79. The van der Waals surface area contributed by atoms with Crippen molar-refractivity contribution in [3.8, 4) is 0 Å². The molecule has 0 rings (SSSR count). The number of hydrogen-bond acceptors (Lipinski definition) is 4. The van der Waals surface area contributed by atoms with Crippen LogP contribution in [0.5, 0.6) is 0 Å². The molecular weight excluding hydrogens is 352 g/mol. The zero-order valence-electron chi connectivity index (χ0n) is 20.0. The smallest absolute Gasteiger partial charge is 0.166 e. The molecule has 0 N–H and O–H groups in total. The van der Waals surface area contributed by atoms with E-state index in [0.717, 1.165) is 12.8 Å². The maximum absolute atomic E-state index is 12.8. The average molecular weight is 397 g/mol. The van der Waals surface area contributed by atoms with Gasteiger partial charge < -0.3 is 9.47 Å². The van der Waals surface area contributed by atoms with Crippen molar-refractivity contribution >= 4 is 11.6 Å². The maximum Gasteiger partial charge on any atom is 0.166 e. The van der Waals surface area contributed by atoms with Gasteiger partial charge in [0, 0.05) is 24.4 Å². The summed E-state index contributed by atoms with van der Waals surface area (Å²) in [6.45, 7) is 23.6. The Morgan fingerprint density at radius 2 is 1.54 bits per heavy atom.